The number of hydrogen-bond donors (Lipinski definition) is 1. The lowest BCUT2D eigenvalue weighted by molar-refractivity contribution is 0.184. The van der Waals surface area contributed by atoms with Gasteiger partial charge in [-0.05, 0) is 6.92 Å². The second-order valence-corrected chi connectivity index (χ2v) is 6.91. The molecular formula is C21H25N7O4. The largest absolute Gasteiger partial charge is 0.493 e. The fraction of sp³-hybridized carbons (Fsp3) is 0.333. The van der Waals surface area contributed by atoms with Gasteiger partial charge in [-0.25, -0.2) is 14.6 Å². The number of hydrogen-bond acceptors (Lipinski definition) is 9. The molecule has 0 aliphatic heterocycles. The summed E-state index contributed by atoms with van der Waals surface area (Å²) in [6, 6.07) is 3.68. The van der Waals surface area contributed by atoms with E-state index in [9.17, 15) is 0 Å². The van der Waals surface area contributed by atoms with Crippen molar-refractivity contribution in [1.82, 2.24) is 29.3 Å². The lowest BCUT2D eigenvalue weighted by Gasteiger charge is -2.14. The summed E-state index contributed by atoms with van der Waals surface area (Å²) in [5.41, 5.74) is 2.40. The lowest BCUT2D eigenvalue weighted by Crippen LogP contribution is -2.07. The number of nitrogens with one attached hydrogen (secondary N) is 1. The molecule has 0 bridgehead atoms. The predicted octanol–water partition coefficient (Wildman–Crippen LogP) is 2.74. The molecule has 4 rings (SSSR count). The number of methoxy groups -OCH3 is 4. The Bertz CT molecular complexity index is 1210. The van der Waals surface area contributed by atoms with Crippen molar-refractivity contribution in [3.63, 3.8) is 0 Å². The molecule has 0 radical (unpaired) electrons. The highest BCUT2D eigenvalue weighted by Gasteiger charge is 2.15. The quantitative estimate of drug-likeness (QED) is 0.421. The fourth-order valence-corrected chi connectivity index (χ4v) is 3.36. The summed E-state index contributed by atoms with van der Waals surface area (Å²) < 4.78 is 25.1. The summed E-state index contributed by atoms with van der Waals surface area (Å²) in [7, 11) is 6.38. The lowest BCUT2D eigenvalue weighted by atomic mass is 10.2. The molecule has 32 heavy (non-hydrogen) atoms. The number of imidazole rings is 1. The Morgan fingerprint density at radius 2 is 1.75 bits per heavy atom. The Morgan fingerprint density at radius 1 is 1.00 bits per heavy atom. The average molecular weight is 439 g/mol. The van der Waals surface area contributed by atoms with E-state index in [4.69, 9.17) is 18.9 Å². The van der Waals surface area contributed by atoms with Gasteiger partial charge in [0.15, 0.2) is 23.0 Å². The fourth-order valence-electron chi connectivity index (χ4n) is 3.36. The standard InChI is InChI=1S/C21H25N7O4/c1-13-15-10-22-21(25-20(15)28(26-13)6-7-29-2)24-18-11-27(12-23-18)14-8-16(30-3)19(32-5)17(9-14)31-4/h8-12H,6-7H2,1-5H3,(H,22,24,25). The van der Waals surface area contributed by atoms with Crippen LogP contribution < -0.4 is 19.5 Å². The van der Waals surface area contributed by atoms with Crippen LogP contribution in [0.1, 0.15) is 5.69 Å². The van der Waals surface area contributed by atoms with E-state index in [-0.39, 0.29) is 0 Å². The molecule has 11 nitrogen and oxygen atoms in total. The van der Waals surface area contributed by atoms with Crippen molar-refractivity contribution in [2.75, 3.05) is 40.4 Å². The van der Waals surface area contributed by atoms with Gasteiger partial charge in [-0.3, -0.25) is 0 Å². The number of rotatable bonds is 9. The van der Waals surface area contributed by atoms with Gasteiger partial charge in [0.05, 0.1) is 57.4 Å². The minimum Gasteiger partial charge on any atom is -0.493 e. The van der Waals surface area contributed by atoms with E-state index >= 15 is 0 Å². The zero-order valence-corrected chi connectivity index (χ0v) is 18.6. The van der Waals surface area contributed by atoms with E-state index in [2.05, 4.69) is 25.4 Å². The highest BCUT2D eigenvalue weighted by Crippen LogP contribution is 2.39. The molecule has 0 saturated carbocycles. The molecule has 0 saturated heterocycles. The van der Waals surface area contributed by atoms with Crippen molar-refractivity contribution in [3.05, 3.63) is 36.5 Å². The molecule has 11 heteroatoms. The Kier molecular flexibility index (Phi) is 6.08. The third-order valence-corrected chi connectivity index (χ3v) is 4.95. The zero-order chi connectivity index (χ0) is 22.7. The van der Waals surface area contributed by atoms with Gasteiger partial charge < -0.3 is 28.8 Å². The Labute approximate surface area is 184 Å². The minimum absolute atomic E-state index is 0.422. The number of fused-ring (bicyclic) bond motifs is 1. The maximum Gasteiger partial charge on any atom is 0.230 e. The smallest absolute Gasteiger partial charge is 0.230 e. The SMILES string of the molecule is COCCn1nc(C)c2cnc(Nc3cn(-c4cc(OC)c(OC)c(OC)c4)cn3)nc21. The van der Waals surface area contributed by atoms with Crippen LogP contribution in [0.15, 0.2) is 30.9 Å². The topological polar surface area (TPSA) is 110 Å². The van der Waals surface area contributed by atoms with E-state index in [0.29, 0.717) is 42.2 Å². The average Bonchev–Trinajstić information content (AvgIpc) is 3.40. The van der Waals surface area contributed by atoms with Crippen LogP contribution in [0, 0.1) is 6.92 Å². The normalized spacial score (nSPS) is 11.0. The monoisotopic (exact) mass is 439 g/mol. The number of nitrogens with zero attached hydrogens (tertiary/aromatic N) is 6. The third-order valence-electron chi connectivity index (χ3n) is 4.95. The van der Waals surface area contributed by atoms with E-state index in [1.165, 1.54) is 0 Å². The van der Waals surface area contributed by atoms with E-state index < -0.39 is 0 Å². The van der Waals surface area contributed by atoms with Crippen molar-refractivity contribution in [1.29, 1.82) is 0 Å². The van der Waals surface area contributed by atoms with Crippen LogP contribution in [-0.4, -0.2) is 64.3 Å². The molecule has 0 spiro atoms. The molecule has 168 valence electrons. The summed E-state index contributed by atoms with van der Waals surface area (Å²) in [4.78, 5) is 13.4. The summed E-state index contributed by atoms with van der Waals surface area (Å²) >= 11 is 0. The van der Waals surface area contributed by atoms with Crippen molar-refractivity contribution in [2.45, 2.75) is 13.5 Å². The third kappa shape index (κ3) is 4.02. The number of aryl methyl sites for hydroxylation is 1. The summed E-state index contributed by atoms with van der Waals surface area (Å²) in [5, 5.41) is 8.56. The maximum atomic E-state index is 5.43. The second kappa shape index (κ2) is 9.10. The first-order chi connectivity index (χ1) is 15.6. The van der Waals surface area contributed by atoms with Crippen molar-refractivity contribution in [2.24, 2.45) is 0 Å². The highest BCUT2D eigenvalue weighted by atomic mass is 16.5. The van der Waals surface area contributed by atoms with Gasteiger partial charge in [0, 0.05) is 25.4 Å². The molecule has 0 atom stereocenters. The van der Waals surface area contributed by atoms with Crippen LogP contribution in [0.2, 0.25) is 0 Å². The van der Waals surface area contributed by atoms with Crippen LogP contribution in [0.5, 0.6) is 17.2 Å². The van der Waals surface area contributed by atoms with Crippen LogP contribution in [0.25, 0.3) is 16.7 Å². The van der Waals surface area contributed by atoms with Gasteiger partial charge in [-0.1, -0.05) is 0 Å². The van der Waals surface area contributed by atoms with Crippen molar-refractivity contribution in [3.8, 4) is 22.9 Å². The van der Waals surface area contributed by atoms with Crippen molar-refractivity contribution >= 4 is 22.8 Å². The minimum atomic E-state index is 0.422. The molecule has 1 aromatic carbocycles. The number of ether oxygens (including phenoxy) is 4. The first-order valence-corrected chi connectivity index (χ1v) is 9.88. The summed E-state index contributed by atoms with van der Waals surface area (Å²) in [6.45, 7) is 3.08. The molecular weight excluding hydrogens is 414 g/mol. The van der Waals surface area contributed by atoms with Crippen LogP contribution in [-0.2, 0) is 11.3 Å². The second-order valence-electron chi connectivity index (χ2n) is 6.91. The van der Waals surface area contributed by atoms with Gasteiger partial charge in [0.1, 0.15) is 6.33 Å². The highest BCUT2D eigenvalue weighted by molar-refractivity contribution is 5.78. The molecule has 0 aliphatic rings. The van der Waals surface area contributed by atoms with Gasteiger partial charge >= 0.3 is 0 Å². The summed E-state index contributed by atoms with van der Waals surface area (Å²) in [6.07, 6.45) is 5.25. The molecule has 3 aromatic heterocycles. The van der Waals surface area contributed by atoms with Gasteiger partial charge in [-0.2, -0.15) is 10.1 Å². The zero-order valence-electron chi connectivity index (χ0n) is 18.6. The molecule has 0 unspecified atom stereocenters. The molecule has 0 fully saturated rings. The number of anilines is 2. The van der Waals surface area contributed by atoms with Crippen LogP contribution in [0.3, 0.4) is 0 Å². The van der Waals surface area contributed by atoms with E-state index in [1.54, 1.807) is 41.0 Å². The molecule has 3 heterocycles. The van der Waals surface area contributed by atoms with Crippen LogP contribution in [0.4, 0.5) is 11.8 Å². The van der Waals surface area contributed by atoms with Gasteiger partial charge in [0.2, 0.25) is 11.7 Å². The van der Waals surface area contributed by atoms with E-state index in [0.717, 1.165) is 22.4 Å². The Hall–Kier alpha value is -3.86. The molecule has 4 aromatic rings. The van der Waals surface area contributed by atoms with Gasteiger partial charge in [0.25, 0.3) is 0 Å². The maximum absolute atomic E-state index is 5.43. The summed E-state index contributed by atoms with van der Waals surface area (Å²) in [5.74, 6) is 2.64. The molecule has 1 N–H and O–H groups in total. The Balaban J connectivity index is 1.62. The van der Waals surface area contributed by atoms with Gasteiger partial charge in [-0.15, -0.1) is 0 Å². The van der Waals surface area contributed by atoms with Crippen molar-refractivity contribution < 1.29 is 18.9 Å². The van der Waals surface area contributed by atoms with E-state index in [1.807, 2.05) is 34.5 Å². The molecule has 0 aliphatic carbocycles. The molecule has 0 amide bonds. The first kappa shape index (κ1) is 21.4. The predicted molar refractivity (Wildman–Crippen MR) is 118 cm³/mol. The first-order valence-electron chi connectivity index (χ1n) is 9.88. The number of aromatic nitrogens is 6. The number of benzene rings is 1. The van der Waals surface area contributed by atoms with Crippen LogP contribution >= 0.6 is 0 Å². The Morgan fingerprint density at radius 3 is 2.41 bits per heavy atom.